The molecule has 2 atom stereocenters. The summed E-state index contributed by atoms with van der Waals surface area (Å²) in [7, 11) is 0. The van der Waals surface area contributed by atoms with Crippen molar-refractivity contribution in [3.05, 3.63) is 37.5 Å². The maximum absolute atomic E-state index is 4.17. The number of hydrogen-bond donors (Lipinski definition) is 0. The van der Waals surface area contributed by atoms with E-state index in [9.17, 15) is 0 Å². The molecule has 0 aliphatic heterocycles. The van der Waals surface area contributed by atoms with Crippen LogP contribution in [0.15, 0.2) is 37.5 Å². The van der Waals surface area contributed by atoms with Gasteiger partial charge in [-0.15, -0.1) is 13.2 Å². The summed E-state index contributed by atoms with van der Waals surface area (Å²) in [6.07, 6.45) is 11.6. The molecule has 0 N–H and O–H groups in total. The lowest BCUT2D eigenvalue weighted by atomic mass is 9.76. The van der Waals surface area contributed by atoms with Crippen molar-refractivity contribution in [1.29, 1.82) is 0 Å². The predicted molar refractivity (Wildman–Crippen MR) is 64.2 cm³/mol. The highest BCUT2D eigenvalue weighted by Gasteiger charge is 2.22. The predicted octanol–water partition coefficient (Wildman–Crippen LogP) is 4.50. The molecule has 0 heteroatoms. The molecule has 1 aliphatic carbocycles. The fourth-order valence-corrected chi connectivity index (χ4v) is 2.46. The maximum Gasteiger partial charge on any atom is -0.0141 e. The van der Waals surface area contributed by atoms with Crippen LogP contribution in [0.3, 0.4) is 0 Å². The van der Waals surface area contributed by atoms with Gasteiger partial charge < -0.3 is 0 Å². The van der Waals surface area contributed by atoms with Gasteiger partial charge in [-0.3, -0.25) is 0 Å². The van der Waals surface area contributed by atoms with Crippen molar-refractivity contribution in [3.8, 4) is 0 Å². The normalized spacial score (nSPS) is 26.9. The zero-order chi connectivity index (χ0) is 10.4. The van der Waals surface area contributed by atoms with Crippen LogP contribution in [0.4, 0.5) is 0 Å². The van der Waals surface area contributed by atoms with Gasteiger partial charge in [-0.25, -0.2) is 0 Å². The van der Waals surface area contributed by atoms with Crippen molar-refractivity contribution in [2.24, 2.45) is 11.8 Å². The number of rotatable bonds is 5. The summed E-state index contributed by atoms with van der Waals surface area (Å²) in [4.78, 5) is 0. The van der Waals surface area contributed by atoms with E-state index in [0.29, 0.717) is 0 Å². The lowest BCUT2D eigenvalue weighted by molar-refractivity contribution is 0.295. The molecule has 2 unspecified atom stereocenters. The highest BCUT2D eigenvalue weighted by molar-refractivity contribution is 5.06. The van der Waals surface area contributed by atoms with Crippen molar-refractivity contribution in [2.75, 3.05) is 0 Å². The van der Waals surface area contributed by atoms with Gasteiger partial charge in [0.2, 0.25) is 0 Å². The van der Waals surface area contributed by atoms with Crippen molar-refractivity contribution < 1.29 is 0 Å². The second-order valence-corrected chi connectivity index (χ2v) is 4.40. The topological polar surface area (TPSA) is 0 Å². The van der Waals surface area contributed by atoms with Gasteiger partial charge in [-0.2, -0.15) is 0 Å². The van der Waals surface area contributed by atoms with Crippen molar-refractivity contribution in [2.45, 2.75) is 38.5 Å². The van der Waals surface area contributed by atoms with Crippen molar-refractivity contribution in [1.82, 2.24) is 0 Å². The van der Waals surface area contributed by atoms with E-state index in [2.05, 4.69) is 25.8 Å². The van der Waals surface area contributed by atoms with Gasteiger partial charge in [0, 0.05) is 0 Å². The lowest BCUT2D eigenvalue weighted by Gasteiger charge is -2.29. The molecule has 0 saturated heterocycles. The maximum atomic E-state index is 4.17. The minimum Gasteiger partial charge on any atom is -0.103 e. The van der Waals surface area contributed by atoms with Crippen LogP contribution < -0.4 is 0 Å². The summed E-state index contributed by atoms with van der Waals surface area (Å²) < 4.78 is 0. The summed E-state index contributed by atoms with van der Waals surface area (Å²) in [5.74, 6) is 1.60. The van der Waals surface area contributed by atoms with Crippen LogP contribution in [0.2, 0.25) is 0 Å². The first-order valence-corrected chi connectivity index (χ1v) is 5.67. The third-order valence-electron chi connectivity index (χ3n) is 3.27. The van der Waals surface area contributed by atoms with Gasteiger partial charge in [0.25, 0.3) is 0 Å². The Morgan fingerprint density at radius 2 is 2.00 bits per heavy atom. The molecule has 0 heterocycles. The lowest BCUT2D eigenvalue weighted by Crippen LogP contribution is -2.16. The van der Waals surface area contributed by atoms with E-state index in [1.165, 1.54) is 37.7 Å². The van der Waals surface area contributed by atoms with E-state index in [0.717, 1.165) is 18.3 Å². The van der Waals surface area contributed by atoms with E-state index < -0.39 is 0 Å². The first-order valence-electron chi connectivity index (χ1n) is 5.67. The van der Waals surface area contributed by atoms with E-state index in [1.54, 1.807) is 0 Å². The third-order valence-corrected chi connectivity index (χ3v) is 3.27. The zero-order valence-electron chi connectivity index (χ0n) is 9.17. The van der Waals surface area contributed by atoms with Gasteiger partial charge in [0.05, 0.1) is 0 Å². The summed E-state index contributed by atoms with van der Waals surface area (Å²) >= 11 is 0. The molecule has 1 aliphatic rings. The molecule has 0 radical (unpaired) electrons. The van der Waals surface area contributed by atoms with Crippen LogP contribution in [0, 0.1) is 11.8 Å². The fraction of sp³-hybridized carbons (Fsp3) is 0.571. The van der Waals surface area contributed by atoms with Crippen molar-refractivity contribution >= 4 is 0 Å². The Kier molecular flexibility index (Phi) is 4.72. The zero-order valence-corrected chi connectivity index (χ0v) is 9.17. The molecule has 0 nitrogen and oxygen atoms in total. The van der Waals surface area contributed by atoms with Crippen LogP contribution >= 0.6 is 0 Å². The highest BCUT2D eigenvalue weighted by Crippen LogP contribution is 2.35. The molecule has 0 amide bonds. The molecule has 0 aromatic rings. The summed E-state index contributed by atoms with van der Waals surface area (Å²) in [6.45, 7) is 11.8. The van der Waals surface area contributed by atoms with Crippen LogP contribution in [0.25, 0.3) is 0 Å². The minimum atomic E-state index is 0.742. The van der Waals surface area contributed by atoms with Gasteiger partial charge in [0.1, 0.15) is 0 Å². The Morgan fingerprint density at radius 3 is 2.64 bits per heavy atom. The average Bonchev–Trinajstić information content (AvgIpc) is 2.19. The molecule has 0 aromatic carbocycles. The van der Waals surface area contributed by atoms with Gasteiger partial charge in [-0.05, 0) is 37.5 Å². The Bertz CT molecular complexity index is 212. The van der Waals surface area contributed by atoms with E-state index in [1.807, 2.05) is 6.08 Å². The average molecular weight is 190 g/mol. The molecule has 1 rings (SSSR count). The van der Waals surface area contributed by atoms with Crippen LogP contribution in [-0.2, 0) is 0 Å². The van der Waals surface area contributed by atoms with Crippen LogP contribution in [0.5, 0.6) is 0 Å². The molecule has 0 bridgehead atoms. The van der Waals surface area contributed by atoms with E-state index in [4.69, 9.17) is 0 Å². The Labute approximate surface area is 88.4 Å². The fourth-order valence-electron chi connectivity index (χ4n) is 2.46. The first kappa shape index (κ1) is 11.3. The van der Waals surface area contributed by atoms with Gasteiger partial charge in [-0.1, -0.05) is 37.1 Å². The molecule has 0 aromatic heterocycles. The first-order chi connectivity index (χ1) is 6.77. The largest absolute Gasteiger partial charge is 0.103 e. The molecule has 0 spiro atoms. The molecule has 14 heavy (non-hydrogen) atoms. The van der Waals surface area contributed by atoms with E-state index in [-0.39, 0.29) is 0 Å². The number of allylic oxidation sites excluding steroid dienone is 3. The minimum absolute atomic E-state index is 0.742. The molecule has 1 fully saturated rings. The smallest absolute Gasteiger partial charge is 0.0141 e. The molecular weight excluding hydrogens is 168 g/mol. The number of hydrogen-bond acceptors (Lipinski definition) is 0. The SMILES string of the molecule is C=CCC(=C)C1CCCC(CC=C)C1. The van der Waals surface area contributed by atoms with Crippen LogP contribution in [0.1, 0.15) is 38.5 Å². The van der Waals surface area contributed by atoms with E-state index >= 15 is 0 Å². The quantitative estimate of drug-likeness (QED) is 0.560. The second kappa shape index (κ2) is 5.85. The summed E-state index contributed by atoms with van der Waals surface area (Å²) in [5.41, 5.74) is 1.38. The Morgan fingerprint density at radius 1 is 1.21 bits per heavy atom. The molecule has 78 valence electrons. The summed E-state index contributed by atoms with van der Waals surface area (Å²) in [5, 5.41) is 0. The highest BCUT2D eigenvalue weighted by atomic mass is 14.3. The van der Waals surface area contributed by atoms with Crippen LogP contribution in [-0.4, -0.2) is 0 Å². The monoisotopic (exact) mass is 190 g/mol. The van der Waals surface area contributed by atoms with Gasteiger partial charge in [0.15, 0.2) is 0 Å². The summed E-state index contributed by atoms with van der Waals surface area (Å²) in [6, 6.07) is 0. The third kappa shape index (κ3) is 3.17. The Balaban J connectivity index is 2.42. The Hall–Kier alpha value is -0.780. The van der Waals surface area contributed by atoms with Crippen molar-refractivity contribution in [3.63, 3.8) is 0 Å². The second-order valence-electron chi connectivity index (χ2n) is 4.40. The van der Waals surface area contributed by atoms with Gasteiger partial charge >= 0.3 is 0 Å². The standard InChI is InChI=1S/C14H22/c1-4-7-12(3)14-10-6-9-13(11-14)8-5-2/h4-5,13-14H,1-3,6-11H2. The molecule has 1 saturated carbocycles. The molecular formula is C14H22.